The molecule has 0 radical (unpaired) electrons. The Morgan fingerprint density at radius 1 is 1.32 bits per heavy atom. The second-order valence-electron chi connectivity index (χ2n) is 4.65. The third-order valence-electron chi connectivity index (χ3n) is 2.96. The molecule has 0 aliphatic heterocycles. The highest BCUT2D eigenvalue weighted by Gasteiger charge is 2.02. The largest absolute Gasteiger partial charge is 0.389 e. The predicted octanol–water partition coefficient (Wildman–Crippen LogP) is 2.91. The van der Waals surface area contributed by atoms with E-state index in [1.54, 1.807) is 0 Å². The van der Waals surface area contributed by atoms with Gasteiger partial charge in [-0.25, -0.2) is 0 Å². The SMILES string of the molecule is CCCCCCC(=O)NCc1cccc(C(N)=S)c1. The van der Waals surface area contributed by atoms with Crippen molar-refractivity contribution >= 4 is 23.1 Å². The van der Waals surface area contributed by atoms with Crippen molar-refractivity contribution in [3.05, 3.63) is 35.4 Å². The minimum atomic E-state index is 0.108. The van der Waals surface area contributed by atoms with Gasteiger partial charge in [-0.3, -0.25) is 4.79 Å². The molecule has 19 heavy (non-hydrogen) atoms. The van der Waals surface area contributed by atoms with Crippen LogP contribution >= 0.6 is 12.2 Å². The third-order valence-corrected chi connectivity index (χ3v) is 3.19. The average Bonchev–Trinajstić information content (AvgIpc) is 2.41. The summed E-state index contributed by atoms with van der Waals surface area (Å²) in [5.74, 6) is 0.108. The van der Waals surface area contributed by atoms with Gasteiger partial charge in [-0.15, -0.1) is 0 Å². The molecule has 0 spiro atoms. The summed E-state index contributed by atoms with van der Waals surface area (Å²) in [4.78, 5) is 12.0. The Morgan fingerprint density at radius 2 is 2.11 bits per heavy atom. The molecule has 104 valence electrons. The van der Waals surface area contributed by atoms with Gasteiger partial charge in [-0.2, -0.15) is 0 Å². The summed E-state index contributed by atoms with van der Waals surface area (Å²) in [5.41, 5.74) is 7.44. The number of amides is 1. The van der Waals surface area contributed by atoms with E-state index in [9.17, 15) is 4.79 Å². The minimum Gasteiger partial charge on any atom is -0.389 e. The van der Waals surface area contributed by atoms with Crippen molar-refractivity contribution in [1.82, 2.24) is 5.32 Å². The molecule has 1 aromatic carbocycles. The molecule has 0 saturated carbocycles. The second kappa shape index (κ2) is 8.64. The van der Waals surface area contributed by atoms with Crippen molar-refractivity contribution < 1.29 is 4.79 Å². The lowest BCUT2D eigenvalue weighted by Crippen LogP contribution is -2.22. The molecule has 1 aromatic rings. The quantitative estimate of drug-likeness (QED) is 0.568. The van der Waals surface area contributed by atoms with Gasteiger partial charge in [0.2, 0.25) is 5.91 Å². The lowest BCUT2D eigenvalue weighted by molar-refractivity contribution is -0.121. The van der Waals surface area contributed by atoms with E-state index in [0.29, 0.717) is 18.0 Å². The Bertz CT molecular complexity index is 432. The van der Waals surface area contributed by atoms with Crippen molar-refractivity contribution in [2.75, 3.05) is 0 Å². The topological polar surface area (TPSA) is 55.1 Å². The van der Waals surface area contributed by atoms with Gasteiger partial charge in [0.05, 0.1) is 0 Å². The van der Waals surface area contributed by atoms with Crippen LogP contribution in [0.4, 0.5) is 0 Å². The number of unbranched alkanes of at least 4 members (excludes halogenated alkanes) is 3. The van der Waals surface area contributed by atoms with Crippen LogP contribution in [0.1, 0.15) is 50.2 Å². The molecular formula is C15H22N2OS. The summed E-state index contributed by atoms with van der Waals surface area (Å²) in [6.07, 6.45) is 5.08. The van der Waals surface area contributed by atoms with Crippen molar-refractivity contribution in [2.45, 2.75) is 45.6 Å². The molecule has 0 bridgehead atoms. The summed E-state index contributed by atoms with van der Waals surface area (Å²) in [7, 11) is 0. The number of carbonyl (C=O) groups excluding carboxylic acids is 1. The highest BCUT2D eigenvalue weighted by atomic mass is 32.1. The first-order valence-electron chi connectivity index (χ1n) is 6.79. The molecule has 1 amide bonds. The van der Waals surface area contributed by atoms with E-state index in [4.69, 9.17) is 18.0 Å². The van der Waals surface area contributed by atoms with Gasteiger partial charge >= 0.3 is 0 Å². The highest BCUT2D eigenvalue weighted by molar-refractivity contribution is 7.80. The molecule has 0 unspecified atom stereocenters. The molecule has 0 heterocycles. The lowest BCUT2D eigenvalue weighted by Gasteiger charge is -2.07. The monoisotopic (exact) mass is 278 g/mol. The van der Waals surface area contributed by atoms with E-state index < -0.39 is 0 Å². The van der Waals surface area contributed by atoms with Crippen LogP contribution < -0.4 is 11.1 Å². The molecule has 0 aliphatic carbocycles. The van der Waals surface area contributed by atoms with Crippen LogP contribution in [-0.4, -0.2) is 10.9 Å². The van der Waals surface area contributed by atoms with Gasteiger partial charge in [0.15, 0.2) is 0 Å². The Morgan fingerprint density at radius 3 is 2.79 bits per heavy atom. The first-order chi connectivity index (χ1) is 9.13. The molecule has 1 rings (SSSR count). The van der Waals surface area contributed by atoms with Crippen molar-refractivity contribution in [1.29, 1.82) is 0 Å². The number of hydrogen-bond acceptors (Lipinski definition) is 2. The van der Waals surface area contributed by atoms with Crippen molar-refractivity contribution in [2.24, 2.45) is 5.73 Å². The standard InChI is InChI=1S/C15H22N2OS/c1-2-3-4-5-9-14(18)17-11-12-7-6-8-13(10-12)15(16)19/h6-8,10H,2-5,9,11H2,1H3,(H2,16,19)(H,17,18). The number of hydrogen-bond donors (Lipinski definition) is 2. The van der Waals surface area contributed by atoms with Crippen molar-refractivity contribution in [3.8, 4) is 0 Å². The highest BCUT2D eigenvalue weighted by Crippen LogP contribution is 2.06. The molecule has 3 N–H and O–H groups in total. The molecule has 0 saturated heterocycles. The normalized spacial score (nSPS) is 10.2. The maximum Gasteiger partial charge on any atom is 0.220 e. The first kappa shape index (κ1) is 15.6. The summed E-state index contributed by atoms with van der Waals surface area (Å²) in [5, 5.41) is 2.92. The number of benzene rings is 1. The van der Waals surface area contributed by atoms with E-state index in [1.165, 1.54) is 12.8 Å². The van der Waals surface area contributed by atoms with Crippen LogP contribution in [0.3, 0.4) is 0 Å². The lowest BCUT2D eigenvalue weighted by atomic mass is 10.1. The Balaban J connectivity index is 2.33. The zero-order chi connectivity index (χ0) is 14.1. The second-order valence-corrected chi connectivity index (χ2v) is 5.09. The first-order valence-corrected chi connectivity index (χ1v) is 7.19. The summed E-state index contributed by atoms with van der Waals surface area (Å²) in [6.45, 7) is 2.69. The Hall–Kier alpha value is -1.42. The van der Waals surface area contributed by atoms with Crippen LogP contribution in [0.2, 0.25) is 0 Å². The number of thiocarbonyl (C=S) groups is 1. The van der Waals surface area contributed by atoms with Gasteiger partial charge in [0, 0.05) is 18.5 Å². The molecular weight excluding hydrogens is 256 g/mol. The van der Waals surface area contributed by atoms with Gasteiger partial charge < -0.3 is 11.1 Å². The summed E-state index contributed by atoms with van der Waals surface area (Å²) >= 11 is 4.93. The molecule has 3 nitrogen and oxygen atoms in total. The van der Waals surface area contributed by atoms with Gasteiger partial charge in [-0.05, 0) is 18.1 Å². The van der Waals surface area contributed by atoms with Crippen LogP contribution in [0.5, 0.6) is 0 Å². The van der Waals surface area contributed by atoms with E-state index in [2.05, 4.69) is 12.2 Å². The summed E-state index contributed by atoms with van der Waals surface area (Å²) < 4.78 is 0. The van der Waals surface area contributed by atoms with Crippen LogP contribution in [-0.2, 0) is 11.3 Å². The number of nitrogens with two attached hydrogens (primary N) is 1. The minimum absolute atomic E-state index is 0.108. The van der Waals surface area contributed by atoms with Crippen molar-refractivity contribution in [3.63, 3.8) is 0 Å². The molecule has 0 aromatic heterocycles. The van der Waals surface area contributed by atoms with Gasteiger partial charge in [0.25, 0.3) is 0 Å². The smallest absolute Gasteiger partial charge is 0.220 e. The fourth-order valence-electron chi connectivity index (χ4n) is 1.84. The van der Waals surface area contributed by atoms with E-state index >= 15 is 0 Å². The fraction of sp³-hybridized carbons (Fsp3) is 0.467. The average molecular weight is 278 g/mol. The number of carbonyl (C=O) groups is 1. The molecule has 0 atom stereocenters. The third kappa shape index (κ3) is 6.34. The zero-order valence-electron chi connectivity index (χ0n) is 11.4. The predicted molar refractivity (Wildman–Crippen MR) is 82.9 cm³/mol. The van der Waals surface area contributed by atoms with Crippen LogP contribution in [0.25, 0.3) is 0 Å². The molecule has 4 heteroatoms. The maximum atomic E-state index is 11.6. The van der Waals surface area contributed by atoms with E-state index in [1.807, 2.05) is 24.3 Å². The maximum absolute atomic E-state index is 11.6. The molecule has 0 aliphatic rings. The van der Waals surface area contributed by atoms with Crippen LogP contribution in [0.15, 0.2) is 24.3 Å². The fourth-order valence-corrected chi connectivity index (χ4v) is 1.96. The van der Waals surface area contributed by atoms with Gasteiger partial charge in [0.1, 0.15) is 4.99 Å². The zero-order valence-corrected chi connectivity index (χ0v) is 12.3. The Labute approximate surface area is 120 Å². The van der Waals surface area contributed by atoms with E-state index in [-0.39, 0.29) is 5.91 Å². The molecule has 0 fully saturated rings. The van der Waals surface area contributed by atoms with E-state index in [0.717, 1.165) is 24.0 Å². The Kier molecular flexibility index (Phi) is 7.11. The number of rotatable bonds is 8. The van der Waals surface area contributed by atoms with Gasteiger partial charge in [-0.1, -0.05) is 56.6 Å². The number of nitrogens with one attached hydrogen (secondary N) is 1. The summed E-state index contributed by atoms with van der Waals surface area (Å²) in [6, 6.07) is 7.65. The van der Waals surface area contributed by atoms with Crippen LogP contribution in [0, 0.1) is 0 Å².